The van der Waals surface area contributed by atoms with Gasteiger partial charge >= 0.3 is 0 Å². The number of rotatable bonds is 6. The molecule has 1 aromatic heterocycles. The van der Waals surface area contributed by atoms with Crippen molar-refractivity contribution >= 4 is 11.7 Å². The monoisotopic (exact) mass is 275 g/mol. The lowest BCUT2D eigenvalue weighted by Crippen LogP contribution is -2.24. The van der Waals surface area contributed by atoms with Gasteiger partial charge in [0.1, 0.15) is 0 Å². The fourth-order valence-corrected chi connectivity index (χ4v) is 2.64. The third-order valence-corrected chi connectivity index (χ3v) is 3.80. The van der Waals surface area contributed by atoms with Crippen molar-refractivity contribution in [1.29, 1.82) is 0 Å². The van der Waals surface area contributed by atoms with Gasteiger partial charge in [-0.05, 0) is 44.4 Å². The Morgan fingerprint density at radius 2 is 2.16 bits per heavy atom. The lowest BCUT2D eigenvalue weighted by Gasteiger charge is -2.17. The summed E-state index contributed by atoms with van der Waals surface area (Å²) in [6.45, 7) is 7.50. The van der Waals surface area contributed by atoms with Gasteiger partial charge in [-0.15, -0.1) is 0 Å². The number of aryl methyl sites for hydroxylation is 2. The quantitative estimate of drug-likeness (QED) is 0.877. The van der Waals surface area contributed by atoms with E-state index < -0.39 is 0 Å². The Labute approximate surface area is 119 Å². The van der Waals surface area contributed by atoms with E-state index in [1.54, 1.807) is 0 Å². The predicted octanol–water partition coefficient (Wildman–Crippen LogP) is 3.44. The molecule has 1 aromatic carbocycles. The average Bonchev–Trinajstić information content (AvgIpc) is 2.92. The number of nitrogens with zero attached hydrogens (tertiary/aromatic N) is 2. The largest absolute Gasteiger partial charge is 0.308 e. The van der Waals surface area contributed by atoms with E-state index >= 15 is 0 Å². The SMILES string of the molecule is CCCNC(Cc1cc(C)ccc1C)c1cnsn1. The van der Waals surface area contributed by atoms with E-state index in [0.29, 0.717) is 0 Å². The van der Waals surface area contributed by atoms with Crippen LogP contribution in [0.25, 0.3) is 0 Å². The van der Waals surface area contributed by atoms with Crippen molar-refractivity contribution in [3.05, 3.63) is 46.8 Å². The van der Waals surface area contributed by atoms with Gasteiger partial charge in [0.15, 0.2) is 0 Å². The molecular weight excluding hydrogens is 254 g/mol. The third kappa shape index (κ3) is 3.85. The maximum Gasteiger partial charge on any atom is 0.0915 e. The topological polar surface area (TPSA) is 37.8 Å². The van der Waals surface area contributed by atoms with Crippen molar-refractivity contribution in [2.45, 2.75) is 39.7 Å². The molecule has 2 aromatic rings. The van der Waals surface area contributed by atoms with Crippen LogP contribution in [-0.4, -0.2) is 15.3 Å². The molecule has 0 aliphatic heterocycles. The van der Waals surface area contributed by atoms with Gasteiger partial charge in [0, 0.05) is 0 Å². The van der Waals surface area contributed by atoms with E-state index in [-0.39, 0.29) is 6.04 Å². The summed E-state index contributed by atoms with van der Waals surface area (Å²) in [6, 6.07) is 6.90. The van der Waals surface area contributed by atoms with Crippen LogP contribution in [0.2, 0.25) is 0 Å². The molecule has 0 saturated carbocycles. The zero-order valence-corrected chi connectivity index (χ0v) is 12.6. The zero-order valence-electron chi connectivity index (χ0n) is 11.8. The highest BCUT2D eigenvalue weighted by Gasteiger charge is 2.15. The van der Waals surface area contributed by atoms with Crippen LogP contribution in [0, 0.1) is 13.8 Å². The first-order valence-electron chi connectivity index (χ1n) is 6.77. The van der Waals surface area contributed by atoms with Crippen LogP contribution in [0.4, 0.5) is 0 Å². The molecule has 0 spiro atoms. The van der Waals surface area contributed by atoms with Gasteiger partial charge < -0.3 is 5.32 Å². The Hall–Kier alpha value is -1.26. The van der Waals surface area contributed by atoms with Gasteiger partial charge in [-0.2, -0.15) is 8.75 Å². The first kappa shape index (κ1) is 14.2. The van der Waals surface area contributed by atoms with Gasteiger partial charge in [0.25, 0.3) is 0 Å². The molecule has 0 saturated heterocycles. The molecule has 3 nitrogen and oxygen atoms in total. The first-order valence-corrected chi connectivity index (χ1v) is 7.50. The van der Waals surface area contributed by atoms with E-state index in [0.717, 1.165) is 25.1 Å². The van der Waals surface area contributed by atoms with Crippen molar-refractivity contribution in [2.24, 2.45) is 0 Å². The van der Waals surface area contributed by atoms with Gasteiger partial charge in [-0.25, -0.2) is 0 Å². The molecule has 0 aliphatic rings. The van der Waals surface area contributed by atoms with Gasteiger partial charge in [0.05, 0.1) is 29.7 Å². The molecule has 1 N–H and O–H groups in total. The normalized spacial score (nSPS) is 12.6. The van der Waals surface area contributed by atoms with Gasteiger partial charge in [-0.1, -0.05) is 30.7 Å². The summed E-state index contributed by atoms with van der Waals surface area (Å²) in [5.41, 5.74) is 5.10. The van der Waals surface area contributed by atoms with Crippen LogP contribution in [-0.2, 0) is 6.42 Å². The minimum Gasteiger partial charge on any atom is -0.308 e. The molecule has 0 radical (unpaired) electrons. The van der Waals surface area contributed by atoms with E-state index in [9.17, 15) is 0 Å². The minimum atomic E-state index is 0.263. The standard InChI is InChI=1S/C15H21N3S/c1-4-7-16-14(15-10-17-19-18-15)9-13-8-11(2)5-6-12(13)3/h5-6,8,10,14,16H,4,7,9H2,1-3H3. The highest BCUT2D eigenvalue weighted by molar-refractivity contribution is 6.99. The number of nitrogens with one attached hydrogen (secondary N) is 1. The molecular formula is C15H21N3S. The summed E-state index contributed by atoms with van der Waals surface area (Å²) in [5, 5.41) is 3.57. The van der Waals surface area contributed by atoms with Crippen molar-refractivity contribution in [3.8, 4) is 0 Å². The highest BCUT2D eigenvalue weighted by Crippen LogP contribution is 2.20. The fourth-order valence-electron chi connectivity index (χ4n) is 2.17. The molecule has 1 heterocycles. The number of benzene rings is 1. The second-order valence-corrected chi connectivity index (χ2v) is 5.53. The summed E-state index contributed by atoms with van der Waals surface area (Å²) < 4.78 is 8.51. The second-order valence-electron chi connectivity index (χ2n) is 4.97. The van der Waals surface area contributed by atoms with Gasteiger partial charge in [0.2, 0.25) is 0 Å². The molecule has 0 bridgehead atoms. The number of hydrogen-bond acceptors (Lipinski definition) is 4. The Kier molecular flexibility index (Phi) is 5.05. The molecule has 1 unspecified atom stereocenters. The Morgan fingerprint density at radius 3 is 2.84 bits per heavy atom. The summed E-state index contributed by atoms with van der Waals surface area (Å²) in [5.74, 6) is 0. The first-order chi connectivity index (χ1) is 9.20. The van der Waals surface area contributed by atoms with Crippen LogP contribution >= 0.6 is 11.7 Å². The number of hydrogen-bond donors (Lipinski definition) is 1. The Bertz CT molecular complexity index is 508. The van der Waals surface area contributed by atoms with Crippen molar-refractivity contribution in [3.63, 3.8) is 0 Å². The molecule has 1 atom stereocenters. The highest BCUT2D eigenvalue weighted by atomic mass is 32.1. The molecule has 0 amide bonds. The smallest absolute Gasteiger partial charge is 0.0915 e. The summed E-state index contributed by atoms with van der Waals surface area (Å²) >= 11 is 1.28. The van der Waals surface area contributed by atoms with E-state index in [1.165, 1.54) is 28.4 Å². The Balaban J connectivity index is 2.17. The molecule has 102 valence electrons. The van der Waals surface area contributed by atoms with E-state index in [4.69, 9.17) is 0 Å². The Morgan fingerprint density at radius 1 is 1.32 bits per heavy atom. The van der Waals surface area contributed by atoms with Crippen LogP contribution in [0.15, 0.2) is 24.4 Å². The summed E-state index contributed by atoms with van der Waals surface area (Å²) in [4.78, 5) is 0. The molecule has 2 rings (SSSR count). The molecule has 19 heavy (non-hydrogen) atoms. The van der Waals surface area contributed by atoms with Crippen LogP contribution in [0.3, 0.4) is 0 Å². The van der Waals surface area contributed by atoms with Crippen molar-refractivity contribution in [1.82, 2.24) is 14.1 Å². The average molecular weight is 275 g/mol. The number of aromatic nitrogens is 2. The van der Waals surface area contributed by atoms with Crippen LogP contribution in [0.5, 0.6) is 0 Å². The maximum absolute atomic E-state index is 4.39. The minimum absolute atomic E-state index is 0.263. The van der Waals surface area contributed by atoms with Crippen molar-refractivity contribution < 1.29 is 0 Å². The van der Waals surface area contributed by atoms with Gasteiger partial charge in [-0.3, -0.25) is 0 Å². The predicted molar refractivity (Wildman–Crippen MR) is 80.6 cm³/mol. The van der Waals surface area contributed by atoms with Crippen LogP contribution < -0.4 is 5.32 Å². The van der Waals surface area contributed by atoms with E-state index in [2.05, 4.69) is 53.0 Å². The third-order valence-electron chi connectivity index (χ3n) is 3.30. The molecule has 4 heteroatoms. The lowest BCUT2D eigenvalue weighted by molar-refractivity contribution is 0.520. The molecule has 0 aliphatic carbocycles. The zero-order chi connectivity index (χ0) is 13.7. The summed E-state index contributed by atoms with van der Waals surface area (Å²) in [6.07, 6.45) is 3.98. The van der Waals surface area contributed by atoms with Crippen LogP contribution in [0.1, 0.15) is 41.8 Å². The fraction of sp³-hybridized carbons (Fsp3) is 0.467. The summed E-state index contributed by atoms with van der Waals surface area (Å²) in [7, 11) is 0. The lowest BCUT2D eigenvalue weighted by atomic mass is 9.97. The molecule has 0 fully saturated rings. The maximum atomic E-state index is 4.39. The van der Waals surface area contributed by atoms with E-state index in [1.807, 2.05) is 6.20 Å². The second kappa shape index (κ2) is 6.78. The van der Waals surface area contributed by atoms with Crippen molar-refractivity contribution in [2.75, 3.05) is 6.54 Å².